The fourth-order valence-corrected chi connectivity index (χ4v) is 3.95. The van der Waals surface area contributed by atoms with E-state index in [2.05, 4.69) is 45.2 Å². The van der Waals surface area contributed by atoms with Crippen molar-refractivity contribution in [2.75, 3.05) is 26.7 Å². The van der Waals surface area contributed by atoms with E-state index in [4.69, 9.17) is 0 Å². The summed E-state index contributed by atoms with van der Waals surface area (Å²) in [5.41, 5.74) is 4.67. The predicted molar refractivity (Wildman–Crippen MR) is 114 cm³/mol. The number of nitrogens with zero attached hydrogens (tertiary/aromatic N) is 4. The first-order valence-electron chi connectivity index (χ1n) is 10.0. The molecule has 1 saturated heterocycles. The topological polar surface area (TPSA) is 49.3 Å². The molecule has 3 heterocycles. The van der Waals surface area contributed by atoms with E-state index in [0.29, 0.717) is 0 Å². The van der Waals surface area contributed by atoms with Gasteiger partial charge in [-0.15, -0.1) is 0 Å². The van der Waals surface area contributed by atoms with Crippen LogP contribution in [0.15, 0.2) is 73.3 Å². The molecule has 0 bridgehead atoms. The Balaban J connectivity index is 1.52. The lowest BCUT2D eigenvalue weighted by Gasteiger charge is -2.23. The Morgan fingerprint density at radius 2 is 1.76 bits per heavy atom. The number of rotatable bonds is 5. The van der Waals surface area contributed by atoms with Crippen LogP contribution in [0.5, 0.6) is 0 Å². The van der Waals surface area contributed by atoms with Crippen molar-refractivity contribution in [3.05, 3.63) is 84.4 Å². The van der Waals surface area contributed by atoms with Crippen molar-refractivity contribution in [1.82, 2.24) is 19.8 Å². The molecular weight excluding hydrogens is 360 g/mol. The van der Waals surface area contributed by atoms with Crippen molar-refractivity contribution in [3.8, 4) is 11.1 Å². The number of pyridine rings is 2. The number of carbonyl (C=O) groups excluding carboxylic acids is 1. The van der Waals surface area contributed by atoms with Gasteiger partial charge < -0.3 is 4.90 Å². The predicted octanol–water partition coefficient (Wildman–Crippen LogP) is 3.28. The molecule has 4 rings (SSSR count). The lowest BCUT2D eigenvalue weighted by Crippen LogP contribution is -2.34. The van der Waals surface area contributed by atoms with Crippen molar-refractivity contribution in [1.29, 1.82) is 0 Å². The molecule has 0 saturated carbocycles. The number of likely N-dealkylation sites (N-methyl/N-ethyl adjacent to an activating group) is 1. The second-order valence-electron chi connectivity index (χ2n) is 7.69. The van der Waals surface area contributed by atoms with Crippen LogP contribution in [0.1, 0.15) is 11.1 Å². The van der Waals surface area contributed by atoms with Gasteiger partial charge in [-0.25, -0.2) is 0 Å². The first-order valence-corrected chi connectivity index (χ1v) is 10.0. The average Bonchev–Trinajstić information content (AvgIpc) is 2.89. The average molecular weight is 386 g/mol. The van der Waals surface area contributed by atoms with E-state index in [1.54, 1.807) is 6.20 Å². The standard InChI is InChI=1S/C24H26N4O/c1-27-12-13-28(17-20-5-3-9-26-16-20)18-23(24(27)29)15-19-4-2-6-22(14-19)21-7-10-25-11-8-21/h2-11,14,16,23H,12-13,15,17-18H2,1H3/t23-/m1/s1. The summed E-state index contributed by atoms with van der Waals surface area (Å²) in [5.74, 6) is 0.180. The molecule has 1 aliphatic rings. The van der Waals surface area contributed by atoms with Crippen LogP contribution in [0.2, 0.25) is 0 Å². The molecule has 1 aliphatic heterocycles. The highest BCUT2D eigenvalue weighted by Crippen LogP contribution is 2.23. The van der Waals surface area contributed by atoms with Gasteiger partial charge in [0.15, 0.2) is 0 Å². The molecule has 2 aromatic heterocycles. The highest BCUT2D eigenvalue weighted by molar-refractivity contribution is 5.79. The third-order valence-corrected chi connectivity index (χ3v) is 5.51. The summed E-state index contributed by atoms with van der Waals surface area (Å²) in [4.78, 5) is 25.5. The molecule has 1 aromatic carbocycles. The molecule has 29 heavy (non-hydrogen) atoms. The molecule has 1 atom stereocenters. The summed E-state index contributed by atoms with van der Waals surface area (Å²) in [6.45, 7) is 3.22. The second kappa shape index (κ2) is 8.97. The molecule has 0 N–H and O–H groups in total. The fraction of sp³-hybridized carbons (Fsp3) is 0.292. The Bertz CT molecular complexity index is 945. The Hall–Kier alpha value is -3.05. The van der Waals surface area contributed by atoms with Crippen LogP contribution in [0.3, 0.4) is 0 Å². The Morgan fingerprint density at radius 1 is 0.931 bits per heavy atom. The van der Waals surface area contributed by atoms with Gasteiger partial charge in [0.2, 0.25) is 5.91 Å². The number of carbonyl (C=O) groups is 1. The largest absolute Gasteiger partial charge is 0.344 e. The molecule has 3 aromatic rings. The Labute approximate surface area is 172 Å². The summed E-state index contributed by atoms with van der Waals surface area (Å²) in [6, 6.07) is 16.6. The zero-order chi connectivity index (χ0) is 20.1. The van der Waals surface area contributed by atoms with Crippen molar-refractivity contribution >= 4 is 5.91 Å². The van der Waals surface area contributed by atoms with Gasteiger partial charge in [-0.05, 0) is 46.9 Å². The van der Waals surface area contributed by atoms with Crippen molar-refractivity contribution < 1.29 is 4.79 Å². The molecule has 1 amide bonds. The second-order valence-corrected chi connectivity index (χ2v) is 7.69. The van der Waals surface area contributed by atoms with E-state index in [0.717, 1.165) is 43.7 Å². The van der Waals surface area contributed by atoms with Gasteiger partial charge in [-0.2, -0.15) is 0 Å². The highest BCUT2D eigenvalue weighted by atomic mass is 16.2. The summed E-state index contributed by atoms with van der Waals surface area (Å²) in [5, 5.41) is 0. The van der Waals surface area contributed by atoms with Crippen LogP contribution >= 0.6 is 0 Å². The molecule has 0 unspecified atom stereocenters. The van der Waals surface area contributed by atoms with E-state index in [9.17, 15) is 4.79 Å². The van der Waals surface area contributed by atoms with Gasteiger partial charge >= 0.3 is 0 Å². The van der Waals surface area contributed by atoms with E-state index >= 15 is 0 Å². The SMILES string of the molecule is CN1CCN(Cc2cccnc2)C[C@@H](Cc2cccc(-c3ccncc3)c2)C1=O. The monoisotopic (exact) mass is 386 g/mol. The lowest BCUT2D eigenvalue weighted by atomic mass is 9.95. The molecule has 0 radical (unpaired) electrons. The normalized spacial score (nSPS) is 17.9. The van der Waals surface area contributed by atoms with Gasteiger partial charge in [-0.1, -0.05) is 30.3 Å². The maximum absolute atomic E-state index is 13.0. The molecule has 5 nitrogen and oxygen atoms in total. The lowest BCUT2D eigenvalue weighted by molar-refractivity contribution is -0.133. The minimum Gasteiger partial charge on any atom is -0.344 e. The summed E-state index contributed by atoms with van der Waals surface area (Å²) in [6.07, 6.45) is 8.06. The molecular formula is C24H26N4O. The maximum atomic E-state index is 13.0. The van der Waals surface area contributed by atoms with E-state index < -0.39 is 0 Å². The van der Waals surface area contributed by atoms with E-state index in [1.807, 2.05) is 48.7 Å². The van der Waals surface area contributed by atoms with Gasteiger partial charge in [0, 0.05) is 58.0 Å². The first kappa shape index (κ1) is 19.3. The van der Waals surface area contributed by atoms with Crippen LogP contribution in [0, 0.1) is 5.92 Å². The highest BCUT2D eigenvalue weighted by Gasteiger charge is 2.28. The Kier molecular flexibility index (Phi) is 5.96. The van der Waals surface area contributed by atoms with Crippen LogP contribution in [0.4, 0.5) is 0 Å². The maximum Gasteiger partial charge on any atom is 0.227 e. The van der Waals surface area contributed by atoms with Crippen LogP contribution in [-0.2, 0) is 17.8 Å². The molecule has 148 valence electrons. The molecule has 0 spiro atoms. The molecule has 5 heteroatoms. The van der Waals surface area contributed by atoms with Crippen LogP contribution in [-0.4, -0.2) is 52.4 Å². The third-order valence-electron chi connectivity index (χ3n) is 5.51. The first-order chi connectivity index (χ1) is 14.2. The van der Waals surface area contributed by atoms with Crippen LogP contribution in [0.25, 0.3) is 11.1 Å². The Morgan fingerprint density at radius 3 is 2.55 bits per heavy atom. The number of hydrogen-bond donors (Lipinski definition) is 0. The molecule has 0 aliphatic carbocycles. The quantitative estimate of drug-likeness (QED) is 0.675. The van der Waals surface area contributed by atoms with E-state index in [1.165, 1.54) is 11.1 Å². The van der Waals surface area contributed by atoms with Crippen molar-refractivity contribution in [3.63, 3.8) is 0 Å². The van der Waals surface area contributed by atoms with Gasteiger partial charge in [0.05, 0.1) is 5.92 Å². The number of amides is 1. The zero-order valence-corrected chi connectivity index (χ0v) is 16.7. The van der Waals surface area contributed by atoms with Gasteiger partial charge in [0.1, 0.15) is 0 Å². The zero-order valence-electron chi connectivity index (χ0n) is 16.7. The summed E-state index contributed by atoms with van der Waals surface area (Å²) < 4.78 is 0. The molecule has 1 fully saturated rings. The van der Waals surface area contributed by atoms with Gasteiger partial charge in [-0.3, -0.25) is 19.7 Å². The summed E-state index contributed by atoms with van der Waals surface area (Å²) >= 11 is 0. The minimum absolute atomic E-state index is 0.0492. The van der Waals surface area contributed by atoms with Crippen molar-refractivity contribution in [2.45, 2.75) is 13.0 Å². The number of benzene rings is 1. The third kappa shape index (κ3) is 4.87. The fourth-order valence-electron chi connectivity index (χ4n) is 3.95. The summed E-state index contributed by atoms with van der Waals surface area (Å²) in [7, 11) is 1.91. The smallest absolute Gasteiger partial charge is 0.227 e. The van der Waals surface area contributed by atoms with Crippen LogP contribution < -0.4 is 0 Å². The minimum atomic E-state index is -0.0492. The van der Waals surface area contributed by atoms with Crippen molar-refractivity contribution in [2.24, 2.45) is 5.92 Å². The van der Waals surface area contributed by atoms with Gasteiger partial charge in [0.25, 0.3) is 0 Å². The number of hydrogen-bond acceptors (Lipinski definition) is 4. The van der Waals surface area contributed by atoms with E-state index in [-0.39, 0.29) is 11.8 Å². The number of aromatic nitrogens is 2.